The van der Waals surface area contributed by atoms with Gasteiger partial charge in [0.25, 0.3) is 0 Å². The van der Waals surface area contributed by atoms with Crippen LogP contribution in [0.15, 0.2) is 53.7 Å². The quantitative estimate of drug-likeness (QED) is 0.373. The Labute approximate surface area is 187 Å². The van der Waals surface area contributed by atoms with Gasteiger partial charge in [-0.25, -0.2) is 0 Å². The topological polar surface area (TPSA) is 68.2 Å². The minimum atomic E-state index is -0.639. The van der Waals surface area contributed by atoms with Crippen LogP contribution >= 0.6 is 11.8 Å². The van der Waals surface area contributed by atoms with Gasteiger partial charge in [-0.05, 0) is 19.4 Å². The normalized spacial score (nSPS) is 14.9. The van der Waals surface area contributed by atoms with Crippen LogP contribution in [-0.2, 0) is 4.79 Å². The van der Waals surface area contributed by atoms with Gasteiger partial charge < -0.3 is 4.74 Å². The molecule has 31 heavy (non-hydrogen) atoms. The Morgan fingerprint density at radius 2 is 1.97 bits per heavy atom. The molecule has 1 amide bonds. The fourth-order valence-corrected chi connectivity index (χ4v) is 4.42. The Balaban J connectivity index is 1.87. The van der Waals surface area contributed by atoms with Crippen LogP contribution < -0.4 is 9.64 Å². The van der Waals surface area contributed by atoms with Crippen molar-refractivity contribution in [3.8, 4) is 17.1 Å². The molecule has 2 aromatic carbocycles. The summed E-state index contributed by atoms with van der Waals surface area (Å²) in [5.41, 5.74) is 4.09. The van der Waals surface area contributed by atoms with Gasteiger partial charge in [-0.15, -0.1) is 10.2 Å². The fourth-order valence-electron chi connectivity index (χ4n) is 3.56. The van der Waals surface area contributed by atoms with Gasteiger partial charge >= 0.3 is 0 Å². The molecule has 3 aromatic rings. The molecule has 1 atom stereocenters. The lowest BCUT2D eigenvalue weighted by Crippen LogP contribution is -2.37. The van der Waals surface area contributed by atoms with Crippen LogP contribution in [0.2, 0.25) is 0 Å². The summed E-state index contributed by atoms with van der Waals surface area (Å²) in [7, 11) is 0. The molecule has 0 aliphatic carbocycles. The molecule has 0 radical (unpaired) electrons. The van der Waals surface area contributed by atoms with Crippen molar-refractivity contribution in [3.05, 3.63) is 59.7 Å². The zero-order valence-electron chi connectivity index (χ0n) is 18.0. The number of para-hydroxylation sites is 1. The van der Waals surface area contributed by atoms with Crippen LogP contribution in [0, 0.1) is 6.92 Å². The number of unbranched alkanes of at least 4 members (excludes halogenated alkanes) is 1. The largest absolute Gasteiger partial charge is 0.447 e. The SMILES string of the molecule is CCCCSc1nnc2c(n1)O[C@H](c1cccc(C)c1)N(C(=O)CC)c1ccccc1-2. The van der Waals surface area contributed by atoms with Crippen molar-refractivity contribution in [1.29, 1.82) is 0 Å². The summed E-state index contributed by atoms with van der Waals surface area (Å²) in [6.07, 6.45) is 1.91. The lowest BCUT2D eigenvalue weighted by molar-refractivity contribution is -0.120. The average molecular weight is 435 g/mol. The van der Waals surface area contributed by atoms with E-state index in [4.69, 9.17) is 9.72 Å². The maximum absolute atomic E-state index is 13.1. The molecular weight excluding hydrogens is 408 g/mol. The van der Waals surface area contributed by atoms with E-state index in [-0.39, 0.29) is 5.91 Å². The smallest absolute Gasteiger partial charge is 0.247 e. The number of benzene rings is 2. The van der Waals surface area contributed by atoms with E-state index in [1.165, 1.54) is 0 Å². The van der Waals surface area contributed by atoms with Crippen LogP contribution in [0.5, 0.6) is 5.88 Å². The van der Waals surface area contributed by atoms with Gasteiger partial charge in [-0.2, -0.15) is 4.98 Å². The number of carbonyl (C=O) groups excluding carboxylic acids is 1. The highest BCUT2D eigenvalue weighted by atomic mass is 32.2. The molecule has 0 unspecified atom stereocenters. The highest BCUT2D eigenvalue weighted by Crippen LogP contribution is 2.43. The predicted molar refractivity (Wildman–Crippen MR) is 123 cm³/mol. The summed E-state index contributed by atoms with van der Waals surface area (Å²) >= 11 is 1.57. The lowest BCUT2D eigenvalue weighted by Gasteiger charge is -2.30. The van der Waals surface area contributed by atoms with Crippen molar-refractivity contribution in [2.75, 3.05) is 10.7 Å². The number of amides is 1. The Morgan fingerprint density at radius 1 is 1.13 bits per heavy atom. The Hall–Kier alpha value is -2.93. The maximum Gasteiger partial charge on any atom is 0.247 e. The number of nitrogens with zero attached hydrogens (tertiary/aromatic N) is 4. The second-order valence-corrected chi connectivity index (χ2v) is 8.53. The molecule has 0 N–H and O–H groups in total. The molecule has 1 aliphatic rings. The highest BCUT2D eigenvalue weighted by Gasteiger charge is 2.35. The van der Waals surface area contributed by atoms with E-state index >= 15 is 0 Å². The van der Waals surface area contributed by atoms with Gasteiger partial charge in [-0.1, -0.05) is 80.1 Å². The molecule has 0 saturated carbocycles. The standard InChI is InChI=1S/C24H26N4O2S/c1-4-6-14-31-24-25-22-21(26-27-24)18-12-7-8-13-19(18)28(20(29)5-2)23(30-22)17-11-9-10-16(3)15-17/h7-13,15,23H,4-6,14H2,1-3H3/t23-/m1/s1. The third-order valence-corrected chi connectivity index (χ3v) is 6.06. The molecule has 1 aromatic heterocycles. The van der Waals surface area contributed by atoms with E-state index in [0.717, 1.165) is 41.0 Å². The van der Waals surface area contributed by atoms with Crippen molar-refractivity contribution < 1.29 is 9.53 Å². The fraction of sp³-hybridized carbons (Fsp3) is 0.333. The molecular formula is C24H26N4O2S. The molecule has 2 heterocycles. The van der Waals surface area contributed by atoms with E-state index in [1.807, 2.05) is 62.4 Å². The van der Waals surface area contributed by atoms with Gasteiger partial charge in [0.05, 0.1) is 5.69 Å². The van der Waals surface area contributed by atoms with Crippen molar-refractivity contribution in [3.63, 3.8) is 0 Å². The molecule has 0 bridgehead atoms. The summed E-state index contributed by atoms with van der Waals surface area (Å²) in [6.45, 7) is 6.04. The van der Waals surface area contributed by atoms with Gasteiger partial charge in [0.15, 0.2) is 5.69 Å². The summed E-state index contributed by atoms with van der Waals surface area (Å²) in [5.74, 6) is 1.30. The molecule has 1 aliphatic heterocycles. The van der Waals surface area contributed by atoms with E-state index in [9.17, 15) is 4.79 Å². The van der Waals surface area contributed by atoms with Crippen LogP contribution in [0.3, 0.4) is 0 Å². The average Bonchev–Trinajstić information content (AvgIpc) is 2.93. The molecule has 0 fully saturated rings. The van der Waals surface area contributed by atoms with Gasteiger partial charge in [0.1, 0.15) is 0 Å². The van der Waals surface area contributed by atoms with Gasteiger partial charge in [0, 0.05) is 23.3 Å². The number of hydrogen-bond acceptors (Lipinski definition) is 6. The molecule has 0 saturated heterocycles. The maximum atomic E-state index is 13.1. The molecule has 0 spiro atoms. The molecule has 160 valence electrons. The summed E-state index contributed by atoms with van der Waals surface area (Å²) in [4.78, 5) is 19.5. The van der Waals surface area contributed by atoms with Crippen molar-refractivity contribution >= 4 is 23.4 Å². The number of aromatic nitrogens is 3. The first-order valence-electron chi connectivity index (χ1n) is 10.6. The number of thioether (sulfide) groups is 1. The number of rotatable bonds is 6. The number of hydrogen-bond donors (Lipinski definition) is 0. The number of aryl methyl sites for hydroxylation is 1. The predicted octanol–water partition coefficient (Wildman–Crippen LogP) is 5.57. The van der Waals surface area contributed by atoms with Crippen LogP contribution in [0.1, 0.15) is 50.5 Å². The minimum absolute atomic E-state index is 0.0303. The summed E-state index contributed by atoms with van der Waals surface area (Å²) in [5, 5.41) is 9.38. The number of anilines is 1. The monoisotopic (exact) mass is 434 g/mol. The molecule has 6 nitrogen and oxygen atoms in total. The van der Waals surface area contributed by atoms with E-state index < -0.39 is 6.23 Å². The minimum Gasteiger partial charge on any atom is -0.447 e. The number of carbonyl (C=O) groups is 1. The Bertz CT molecular complexity index is 1090. The Morgan fingerprint density at radius 3 is 2.74 bits per heavy atom. The highest BCUT2D eigenvalue weighted by molar-refractivity contribution is 7.99. The number of fused-ring (bicyclic) bond motifs is 3. The van der Waals surface area contributed by atoms with Crippen LogP contribution in [0.4, 0.5) is 5.69 Å². The molecule has 4 rings (SSSR count). The summed E-state index contributed by atoms with van der Waals surface area (Å²) in [6, 6.07) is 15.7. The van der Waals surface area contributed by atoms with Crippen LogP contribution in [-0.4, -0.2) is 26.8 Å². The van der Waals surface area contributed by atoms with Crippen LogP contribution in [0.25, 0.3) is 11.3 Å². The third-order valence-electron chi connectivity index (χ3n) is 5.14. The lowest BCUT2D eigenvalue weighted by atomic mass is 10.1. The first-order valence-corrected chi connectivity index (χ1v) is 11.6. The third kappa shape index (κ3) is 4.42. The molecule has 7 heteroatoms. The van der Waals surface area contributed by atoms with Crippen molar-refractivity contribution in [1.82, 2.24) is 15.2 Å². The first kappa shape index (κ1) is 21.3. The van der Waals surface area contributed by atoms with E-state index in [0.29, 0.717) is 23.2 Å². The zero-order chi connectivity index (χ0) is 21.8. The van der Waals surface area contributed by atoms with E-state index in [1.54, 1.807) is 16.7 Å². The van der Waals surface area contributed by atoms with Gasteiger partial charge in [0.2, 0.25) is 23.2 Å². The van der Waals surface area contributed by atoms with Crippen molar-refractivity contribution in [2.24, 2.45) is 0 Å². The summed E-state index contributed by atoms with van der Waals surface area (Å²) < 4.78 is 6.44. The number of ether oxygens (including phenoxy) is 1. The first-order chi connectivity index (χ1) is 15.1. The zero-order valence-corrected chi connectivity index (χ0v) is 18.9. The second kappa shape index (κ2) is 9.47. The Kier molecular flexibility index (Phi) is 6.51. The van der Waals surface area contributed by atoms with E-state index in [2.05, 4.69) is 17.1 Å². The van der Waals surface area contributed by atoms with Gasteiger partial charge in [-0.3, -0.25) is 9.69 Å². The van der Waals surface area contributed by atoms with Crippen molar-refractivity contribution in [2.45, 2.75) is 51.4 Å². The second-order valence-electron chi connectivity index (χ2n) is 7.47.